The van der Waals surface area contributed by atoms with Gasteiger partial charge in [-0.25, -0.2) is 9.78 Å². The van der Waals surface area contributed by atoms with E-state index in [1.165, 1.54) is 0 Å². The van der Waals surface area contributed by atoms with Gasteiger partial charge in [-0.1, -0.05) is 25.0 Å². The van der Waals surface area contributed by atoms with Crippen molar-refractivity contribution in [2.45, 2.75) is 77.5 Å². The van der Waals surface area contributed by atoms with Gasteiger partial charge in [-0.2, -0.15) is 0 Å². The minimum Gasteiger partial charge on any atom is -0.465 e. The van der Waals surface area contributed by atoms with Gasteiger partial charge in [0.05, 0.1) is 16.1 Å². The van der Waals surface area contributed by atoms with E-state index in [2.05, 4.69) is 31.9 Å². The average molecular weight is 530 g/mol. The Morgan fingerprint density at radius 3 is 2.65 bits per heavy atom. The number of hydrogen-bond donors (Lipinski definition) is 4. The van der Waals surface area contributed by atoms with Crippen LogP contribution in [0.4, 0.5) is 22.1 Å². The highest BCUT2D eigenvalue weighted by molar-refractivity contribution is 9.10. The topological polar surface area (TPSA) is 107 Å². The van der Waals surface area contributed by atoms with Crippen LogP contribution < -0.4 is 16.0 Å². The van der Waals surface area contributed by atoms with Crippen LogP contribution in [0.1, 0.15) is 67.9 Å². The third-order valence-corrected chi connectivity index (χ3v) is 7.33. The van der Waals surface area contributed by atoms with Gasteiger partial charge in [-0.3, -0.25) is 9.69 Å². The van der Waals surface area contributed by atoms with Crippen molar-refractivity contribution in [2.24, 2.45) is 0 Å². The molecule has 2 amide bonds. The summed E-state index contributed by atoms with van der Waals surface area (Å²) in [4.78, 5) is 31.2. The van der Waals surface area contributed by atoms with Crippen molar-refractivity contribution in [1.82, 2.24) is 15.2 Å². The number of carboxylic acid groups (broad SMARTS) is 1. The summed E-state index contributed by atoms with van der Waals surface area (Å²) in [6, 6.07) is 7.63. The molecule has 9 heteroatoms. The number of aromatic nitrogens is 1. The summed E-state index contributed by atoms with van der Waals surface area (Å²) in [5, 5.41) is 19.8. The monoisotopic (exact) mass is 529 g/mol. The summed E-state index contributed by atoms with van der Waals surface area (Å²) in [6.07, 6.45) is 2.72. The Kier molecular flexibility index (Phi) is 6.75. The van der Waals surface area contributed by atoms with Crippen LogP contribution in [0.5, 0.6) is 0 Å². The maximum absolute atomic E-state index is 12.6. The zero-order valence-electron chi connectivity index (χ0n) is 20.0. The number of hydrogen-bond acceptors (Lipinski definition) is 5. The molecule has 2 aromatic rings. The third-order valence-electron chi connectivity index (χ3n) is 6.48. The summed E-state index contributed by atoms with van der Waals surface area (Å²) in [5.74, 6) is 0.936. The van der Waals surface area contributed by atoms with Crippen molar-refractivity contribution in [1.29, 1.82) is 0 Å². The largest absolute Gasteiger partial charge is 0.465 e. The van der Waals surface area contributed by atoms with Gasteiger partial charge in [0.15, 0.2) is 0 Å². The van der Waals surface area contributed by atoms with E-state index in [1.54, 1.807) is 4.90 Å². The maximum Gasteiger partial charge on any atom is 0.408 e. The molecule has 0 bridgehead atoms. The molecule has 1 fully saturated rings. The van der Waals surface area contributed by atoms with Gasteiger partial charge in [0.1, 0.15) is 11.6 Å². The number of aryl methyl sites for hydroxylation is 1. The van der Waals surface area contributed by atoms with Gasteiger partial charge in [-0.05, 0) is 74.2 Å². The predicted octanol–water partition coefficient (Wildman–Crippen LogP) is 5.64. The number of rotatable bonds is 5. The van der Waals surface area contributed by atoms with Crippen molar-refractivity contribution in [3.63, 3.8) is 0 Å². The molecule has 182 valence electrons. The fourth-order valence-corrected chi connectivity index (χ4v) is 5.56. The van der Waals surface area contributed by atoms with Crippen molar-refractivity contribution < 1.29 is 14.7 Å². The molecular weight excluding hydrogens is 498 g/mol. The van der Waals surface area contributed by atoms with Crippen LogP contribution in [0, 0.1) is 6.92 Å². The van der Waals surface area contributed by atoms with E-state index in [1.807, 2.05) is 52.0 Å². The Morgan fingerprint density at radius 1 is 1.24 bits per heavy atom. The Hall–Kier alpha value is -2.81. The van der Waals surface area contributed by atoms with Gasteiger partial charge < -0.3 is 21.1 Å². The van der Waals surface area contributed by atoms with Gasteiger partial charge in [-0.15, -0.1) is 0 Å². The normalized spacial score (nSPS) is 19.9. The lowest BCUT2D eigenvalue weighted by Crippen LogP contribution is -2.58. The maximum atomic E-state index is 12.6. The number of anilines is 3. The first kappa shape index (κ1) is 24.3. The van der Waals surface area contributed by atoms with E-state index in [9.17, 15) is 14.7 Å². The second-order valence-electron chi connectivity index (χ2n) is 10.1. The highest BCUT2D eigenvalue weighted by atomic mass is 79.9. The minimum absolute atomic E-state index is 0.0946. The lowest BCUT2D eigenvalue weighted by molar-refractivity contribution is 0.0520. The van der Waals surface area contributed by atoms with Crippen molar-refractivity contribution >= 4 is 45.3 Å². The number of halogens is 1. The summed E-state index contributed by atoms with van der Waals surface area (Å²) in [7, 11) is 0. The summed E-state index contributed by atoms with van der Waals surface area (Å²) in [5.41, 5.74) is 2.80. The van der Waals surface area contributed by atoms with E-state index >= 15 is 0 Å². The SMILES string of the molecule is Cc1cccc(Nc2nc(N[C@@H]3CCCC[C@@H]3N(C(=O)O)C(C)(C)C)c(Br)c3c2C(=O)NC3)c1. The van der Waals surface area contributed by atoms with E-state index in [0.29, 0.717) is 23.7 Å². The molecule has 0 unspecified atom stereocenters. The molecule has 8 nitrogen and oxygen atoms in total. The highest BCUT2D eigenvalue weighted by Crippen LogP contribution is 2.38. The van der Waals surface area contributed by atoms with Crippen LogP contribution in [0.2, 0.25) is 0 Å². The lowest BCUT2D eigenvalue weighted by atomic mass is 9.86. The predicted molar refractivity (Wildman–Crippen MR) is 137 cm³/mol. The summed E-state index contributed by atoms with van der Waals surface area (Å²) in [6.45, 7) is 8.20. The highest BCUT2D eigenvalue weighted by Gasteiger charge is 2.40. The second kappa shape index (κ2) is 9.44. The van der Waals surface area contributed by atoms with Crippen LogP contribution in [0.15, 0.2) is 28.7 Å². The Bertz CT molecular complexity index is 1110. The summed E-state index contributed by atoms with van der Waals surface area (Å²) >= 11 is 3.67. The number of benzene rings is 1. The molecule has 4 N–H and O–H groups in total. The molecule has 2 aliphatic rings. The molecule has 0 saturated heterocycles. The minimum atomic E-state index is -0.913. The molecule has 2 atom stereocenters. The Balaban J connectivity index is 1.71. The molecule has 4 rings (SSSR count). The van der Waals surface area contributed by atoms with Gasteiger partial charge >= 0.3 is 6.09 Å². The fourth-order valence-electron chi connectivity index (χ4n) is 5.02. The first-order valence-electron chi connectivity index (χ1n) is 11.7. The van der Waals surface area contributed by atoms with Crippen LogP contribution in [-0.4, -0.2) is 44.6 Å². The molecule has 0 radical (unpaired) electrons. The van der Waals surface area contributed by atoms with Crippen LogP contribution in [0.3, 0.4) is 0 Å². The standard InChI is InChI=1S/C25H32BrN5O3/c1-14-8-7-9-15(12-14)28-21-19-16(13-27-23(19)32)20(26)22(30-21)29-17-10-5-6-11-18(17)31(24(33)34)25(2,3)4/h7-9,12,17-18H,5-6,10-11,13H2,1-4H3,(H,27,32)(H,33,34)(H2,28,29,30)/t17-,18+/m1/s1. The molecule has 34 heavy (non-hydrogen) atoms. The molecule has 1 aliphatic heterocycles. The lowest BCUT2D eigenvalue weighted by Gasteiger charge is -2.45. The molecule has 1 aliphatic carbocycles. The first-order chi connectivity index (χ1) is 16.1. The fraction of sp³-hybridized carbons (Fsp3) is 0.480. The van der Waals surface area contributed by atoms with E-state index < -0.39 is 11.6 Å². The molecule has 1 aromatic carbocycles. The third kappa shape index (κ3) is 4.85. The smallest absolute Gasteiger partial charge is 0.408 e. The Labute approximate surface area is 208 Å². The zero-order chi connectivity index (χ0) is 24.6. The average Bonchev–Trinajstić information content (AvgIpc) is 3.13. The number of nitrogens with zero attached hydrogens (tertiary/aromatic N) is 2. The van der Waals surface area contributed by atoms with Gasteiger partial charge in [0, 0.05) is 29.4 Å². The number of carbonyl (C=O) groups is 2. The molecule has 2 heterocycles. The van der Waals surface area contributed by atoms with E-state index in [-0.39, 0.29) is 18.0 Å². The zero-order valence-corrected chi connectivity index (χ0v) is 21.6. The molecule has 1 aromatic heterocycles. The number of nitrogens with one attached hydrogen (secondary N) is 3. The van der Waals surface area contributed by atoms with Crippen LogP contribution >= 0.6 is 15.9 Å². The van der Waals surface area contributed by atoms with Crippen molar-refractivity contribution in [3.8, 4) is 0 Å². The molecule has 1 saturated carbocycles. The van der Waals surface area contributed by atoms with Crippen molar-refractivity contribution in [3.05, 3.63) is 45.4 Å². The van der Waals surface area contributed by atoms with Crippen LogP contribution in [0.25, 0.3) is 0 Å². The number of fused-ring (bicyclic) bond motifs is 1. The van der Waals surface area contributed by atoms with Crippen molar-refractivity contribution in [2.75, 3.05) is 10.6 Å². The van der Waals surface area contributed by atoms with Crippen LogP contribution in [-0.2, 0) is 6.54 Å². The molecule has 0 spiro atoms. The second-order valence-corrected chi connectivity index (χ2v) is 10.9. The Morgan fingerprint density at radius 2 is 1.97 bits per heavy atom. The van der Waals surface area contributed by atoms with E-state index in [4.69, 9.17) is 4.98 Å². The summed E-state index contributed by atoms with van der Waals surface area (Å²) < 4.78 is 0.734. The number of amides is 2. The number of carbonyl (C=O) groups excluding carboxylic acids is 1. The van der Waals surface area contributed by atoms with Gasteiger partial charge in [0.2, 0.25) is 0 Å². The van der Waals surface area contributed by atoms with Gasteiger partial charge in [0.25, 0.3) is 5.91 Å². The number of pyridine rings is 1. The quantitative estimate of drug-likeness (QED) is 0.399. The molecular formula is C25H32BrN5O3. The first-order valence-corrected chi connectivity index (χ1v) is 12.5. The van der Waals surface area contributed by atoms with E-state index in [0.717, 1.165) is 47.0 Å².